The fourth-order valence-electron chi connectivity index (χ4n) is 2.54. The highest BCUT2D eigenvalue weighted by Gasteiger charge is 2.40. The van der Waals surface area contributed by atoms with Crippen molar-refractivity contribution < 1.29 is 4.79 Å². The zero-order valence-corrected chi connectivity index (χ0v) is 11.0. The van der Waals surface area contributed by atoms with Crippen molar-refractivity contribution in [3.05, 3.63) is 34.9 Å². The van der Waals surface area contributed by atoms with Crippen LogP contribution in [0.1, 0.15) is 11.6 Å². The van der Waals surface area contributed by atoms with Crippen molar-refractivity contribution in [2.24, 2.45) is 0 Å². The number of amides is 2. The number of benzene rings is 1. The summed E-state index contributed by atoms with van der Waals surface area (Å²) < 4.78 is 0. The van der Waals surface area contributed by atoms with Crippen LogP contribution < -0.4 is 5.32 Å². The van der Waals surface area contributed by atoms with E-state index in [9.17, 15) is 4.79 Å². The molecule has 0 spiro atoms. The second-order valence-electron chi connectivity index (χ2n) is 4.93. The molecule has 1 aromatic carbocycles. The lowest BCUT2D eigenvalue weighted by Crippen LogP contribution is -2.57. The van der Waals surface area contributed by atoms with Crippen molar-refractivity contribution in [2.45, 2.75) is 12.1 Å². The summed E-state index contributed by atoms with van der Waals surface area (Å²) >= 11 is 5.89. The molecule has 2 saturated heterocycles. The van der Waals surface area contributed by atoms with E-state index in [4.69, 9.17) is 11.6 Å². The fourth-order valence-corrected chi connectivity index (χ4v) is 2.66. The molecule has 0 radical (unpaired) electrons. The summed E-state index contributed by atoms with van der Waals surface area (Å²) in [7, 11) is 1.87. The molecule has 1 unspecified atom stereocenters. The van der Waals surface area contributed by atoms with E-state index in [0.717, 1.165) is 30.2 Å². The molecule has 0 aliphatic carbocycles. The van der Waals surface area contributed by atoms with E-state index < -0.39 is 0 Å². The highest BCUT2D eigenvalue weighted by Crippen LogP contribution is 2.30. The number of carbonyl (C=O) groups is 1. The van der Waals surface area contributed by atoms with Crippen LogP contribution in [0.3, 0.4) is 0 Å². The van der Waals surface area contributed by atoms with Gasteiger partial charge in [-0.25, -0.2) is 4.79 Å². The molecule has 2 amide bonds. The summed E-state index contributed by atoms with van der Waals surface area (Å²) in [5, 5.41) is 3.93. The van der Waals surface area contributed by atoms with Crippen LogP contribution in [0.25, 0.3) is 0 Å². The van der Waals surface area contributed by atoms with Crippen molar-refractivity contribution in [3.8, 4) is 0 Å². The molecule has 1 N–H and O–H groups in total. The largest absolute Gasteiger partial charge is 0.320 e. The van der Waals surface area contributed by atoms with E-state index in [1.807, 2.05) is 41.1 Å². The second-order valence-corrected chi connectivity index (χ2v) is 5.36. The minimum atomic E-state index is 0.126. The van der Waals surface area contributed by atoms with Crippen molar-refractivity contribution >= 4 is 17.6 Å². The first-order valence-corrected chi connectivity index (χ1v) is 6.54. The number of nitrogens with zero attached hydrogens (tertiary/aromatic N) is 2. The Hall–Kier alpha value is -1.26. The third-order valence-electron chi connectivity index (χ3n) is 3.84. The molecule has 18 heavy (non-hydrogen) atoms. The van der Waals surface area contributed by atoms with Gasteiger partial charge in [0.15, 0.2) is 0 Å². The number of carbonyl (C=O) groups excluding carboxylic acids is 1. The second kappa shape index (κ2) is 4.44. The lowest BCUT2D eigenvalue weighted by Gasteiger charge is -2.34. The van der Waals surface area contributed by atoms with Gasteiger partial charge in [-0.1, -0.05) is 23.7 Å². The number of nitrogens with one attached hydrogen (secondary N) is 1. The van der Waals surface area contributed by atoms with Gasteiger partial charge in [-0.05, 0) is 17.7 Å². The Morgan fingerprint density at radius 2 is 1.94 bits per heavy atom. The summed E-state index contributed by atoms with van der Waals surface area (Å²) in [6, 6.07) is 8.37. The van der Waals surface area contributed by atoms with Crippen LogP contribution in [-0.2, 0) is 0 Å². The lowest BCUT2D eigenvalue weighted by atomic mass is 10.1. The first kappa shape index (κ1) is 11.8. The van der Waals surface area contributed by atoms with E-state index in [1.54, 1.807) is 0 Å². The fraction of sp³-hybridized carbons (Fsp3) is 0.462. The Labute approximate surface area is 112 Å². The third kappa shape index (κ3) is 1.85. The van der Waals surface area contributed by atoms with E-state index >= 15 is 0 Å². The smallest absolute Gasteiger partial charge is 0.319 e. The van der Waals surface area contributed by atoms with E-state index in [0.29, 0.717) is 6.04 Å². The maximum Gasteiger partial charge on any atom is 0.320 e. The Balaban J connectivity index is 1.81. The van der Waals surface area contributed by atoms with Gasteiger partial charge in [-0.2, -0.15) is 0 Å². The van der Waals surface area contributed by atoms with Crippen LogP contribution in [0, 0.1) is 0 Å². The summed E-state index contributed by atoms with van der Waals surface area (Å²) in [6.45, 7) is 2.59. The Kier molecular flexibility index (Phi) is 2.92. The van der Waals surface area contributed by atoms with Crippen LogP contribution in [0.5, 0.6) is 0 Å². The first-order valence-electron chi connectivity index (χ1n) is 6.16. The topological polar surface area (TPSA) is 35.6 Å². The zero-order chi connectivity index (χ0) is 12.7. The average Bonchev–Trinajstić information content (AvgIpc) is 2.57. The first-order chi connectivity index (χ1) is 8.66. The van der Waals surface area contributed by atoms with Crippen molar-refractivity contribution in [3.63, 3.8) is 0 Å². The van der Waals surface area contributed by atoms with Gasteiger partial charge >= 0.3 is 6.03 Å². The van der Waals surface area contributed by atoms with Crippen LogP contribution >= 0.6 is 11.6 Å². The standard InChI is InChI=1S/C13H16ClN3O/c1-16-12(9-2-4-10(14)5-3-9)8-17(13(16)18)11-6-15-7-11/h2-5,11-12,15H,6-8H2,1H3. The molecule has 2 aliphatic heterocycles. The molecule has 4 nitrogen and oxygen atoms in total. The minimum Gasteiger partial charge on any atom is -0.319 e. The highest BCUT2D eigenvalue weighted by atomic mass is 35.5. The molecule has 1 atom stereocenters. The van der Waals surface area contributed by atoms with E-state index in [1.165, 1.54) is 0 Å². The maximum atomic E-state index is 12.2. The van der Waals surface area contributed by atoms with Crippen LogP contribution in [0.4, 0.5) is 4.79 Å². The number of hydrogen-bond donors (Lipinski definition) is 1. The van der Waals surface area contributed by atoms with Gasteiger partial charge in [-0.3, -0.25) is 0 Å². The van der Waals surface area contributed by atoms with Gasteiger partial charge in [0.25, 0.3) is 0 Å². The molecule has 0 bridgehead atoms. The number of hydrogen-bond acceptors (Lipinski definition) is 2. The number of rotatable bonds is 2. The maximum absolute atomic E-state index is 12.2. The molecule has 96 valence electrons. The van der Waals surface area contributed by atoms with Crippen LogP contribution in [-0.4, -0.2) is 48.6 Å². The quantitative estimate of drug-likeness (QED) is 0.884. The molecule has 2 heterocycles. The summed E-state index contributed by atoms with van der Waals surface area (Å²) in [5.41, 5.74) is 1.14. The van der Waals surface area contributed by atoms with Gasteiger partial charge in [0, 0.05) is 31.7 Å². The van der Waals surface area contributed by atoms with E-state index in [2.05, 4.69) is 5.32 Å². The van der Waals surface area contributed by atoms with Gasteiger partial charge < -0.3 is 15.1 Å². The third-order valence-corrected chi connectivity index (χ3v) is 4.09. The van der Waals surface area contributed by atoms with Gasteiger partial charge in [0.1, 0.15) is 0 Å². The van der Waals surface area contributed by atoms with Gasteiger partial charge in [0.2, 0.25) is 0 Å². The normalized spacial score (nSPS) is 24.6. The summed E-state index contributed by atoms with van der Waals surface area (Å²) in [6.07, 6.45) is 0. The van der Waals surface area contributed by atoms with Crippen LogP contribution in [0.2, 0.25) is 5.02 Å². The van der Waals surface area contributed by atoms with Gasteiger partial charge in [0.05, 0.1) is 12.1 Å². The summed E-state index contributed by atoms with van der Waals surface area (Å²) in [4.78, 5) is 16.0. The highest BCUT2D eigenvalue weighted by molar-refractivity contribution is 6.30. The summed E-state index contributed by atoms with van der Waals surface area (Å²) in [5.74, 6) is 0. The SMILES string of the molecule is CN1C(=O)N(C2CNC2)CC1c1ccc(Cl)cc1. The Bertz CT molecular complexity index is 458. The average molecular weight is 266 g/mol. The molecule has 2 aliphatic rings. The molecular weight excluding hydrogens is 250 g/mol. The number of urea groups is 1. The van der Waals surface area contributed by atoms with Gasteiger partial charge in [-0.15, -0.1) is 0 Å². The lowest BCUT2D eigenvalue weighted by molar-refractivity contribution is 0.162. The predicted molar refractivity (Wildman–Crippen MR) is 70.7 cm³/mol. The zero-order valence-electron chi connectivity index (χ0n) is 10.3. The monoisotopic (exact) mass is 265 g/mol. The minimum absolute atomic E-state index is 0.126. The van der Waals surface area contributed by atoms with Crippen molar-refractivity contribution in [1.29, 1.82) is 0 Å². The van der Waals surface area contributed by atoms with Crippen molar-refractivity contribution in [1.82, 2.24) is 15.1 Å². The molecule has 0 aromatic heterocycles. The van der Waals surface area contributed by atoms with Crippen molar-refractivity contribution in [2.75, 3.05) is 26.7 Å². The Morgan fingerprint density at radius 1 is 1.28 bits per heavy atom. The number of halogens is 1. The van der Waals surface area contributed by atoms with E-state index in [-0.39, 0.29) is 12.1 Å². The number of likely N-dealkylation sites (N-methyl/N-ethyl adjacent to an activating group) is 1. The molecular formula is C13H16ClN3O. The van der Waals surface area contributed by atoms with Crippen LogP contribution in [0.15, 0.2) is 24.3 Å². The molecule has 0 saturated carbocycles. The Morgan fingerprint density at radius 3 is 2.50 bits per heavy atom. The predicted octanol–water partition coefficient (Wildman–Crippen LogP) is 1.72. The molecule has 5 heteroatoms. The molecule has 3 rings (SSSR count). The molecule has 1 aromatic rings. The molecule has 2 fully saturated rings.